The Bertz CT molecular complexity index is 736. The summed E-state index contributed by atoms with van der Waals surface area (Å²) in [6.07, 6.45) is 0.771. The molecule has 0 fully saturated rings. The second kappa shape index (κ2) is 5.33. The van der Waals surface area contributed by atoms with E-state index in [4.69, 9.17) is 4.42 Å². The molecular weight excluding hydrogens is 255 g/mol. The Labute approximate surface area is 116 Å². The lowest BCUT2D eigenvalue weighted by molar-refractivity contribution is 0.538. The molecule has 2 aromatic carbocycles. The molecule has 20 heavy (non-hydrogen) atoms. The fourth-order valence-electron chi connectivity index (χ4n) is 2.08. The summed E-state index contributed by atoms with van der Waals surface area (Å²) in [5.41, 5.74) is 3.14. The number of nitrogens with zero attached hydrogens (tertiary/aromatic N) is 1. The van der Waals surface area contributed by atoms with Crippen molar-refractivity contribution in [3.8, 4) is 0 Å². The van der Waals surface area contributed by atoms with Crippen LogP contribution in [0.4, 0.5) is 10.1 Å². The van der Waals surface area contributed by atoms with E-state index in [1.165, 1.54) is 6.07 Å². The van der Waals surface area contributed by atoms with Crippen LogP contribution in [0.1, 0.15) is 18.4 Å². The molecule has 0 aliphatic rings. The van der Waals surface area contributed by atoms with Gasteiger partial charge in [0.25, 0.3) is 0 Å². The lowest BCUT2D eigenvalue weighted by atomic mass is 10.2. The van der Waals surface area contributed by atoms with E-state index in [-0.39, 0.29) is 5.82 Å². The summed E-state index contributed by atoms with van der Waals surface area (Å²) in [7, 11) is 0. The first-order valence-electron chi connectivity index (χ1n) is 6.63. The van der Waals surface area contributed by atoms with Crippen molar-refractivity contribution in [2.75, 3.05) is 5.32 Å². The molecule has 0 saturated carbocycles. The number of aryl methyl sites for hydroxylation is 1. The monoisotopic (exact) mass is 270 g/mol. The Morgan fingerprint density at radius 2 is 2.05 bits per heavy atom. The molecule has 0 unspecified atom stereocenters. The first kappa shape index (κ1) is 12.7. The summed E-state index contributed by atoms with van der Waals surface area (Å²) < 4.78 is 19.1. The second-order valence-corrected chi connectivity index (χ2v) is 4.59. The maximum absolute atomic E-state index is 13.5. The van der Waals surface area contributed by atoms with Crippen molar-refractivity contribution in [2.24, 2.45) is 0 Å². The fraction of sp³-hybridized carbons (Fsp3) is 0.188. The summed E-state index contributed by atoms with van der Waals surface area (Å²) in [6, 6.07) is 12.5. The van der Waals surface area contributed by atoms with Crippen LogP contribution in [0.15, 0.2) is 46.9 Å². The molecule has 102 valence electrons. The van der Waals surface area contributed by atoms with Crippen LogP contribution in [-0.2, 0) is 13.0 Å². The lowest BCUT2D eigenvalue weighted by Crippen LogP contribution is -2.01. The molecule has 1 aromatic heterocycles. The third-order valence-corrected chi connectivity index (χ3v) is 3.18. The van der Waals surface area contributed by atoms with Gasteiger partial charge in [0.2, 0.25) is 0 Å². The summed E-state index contributed by atoms with van der Waals surface area (Å²) in [5.74, 6) is 0.530. The first-order chi connectivity index (χ1) is 9.76. The van der Waals surface area contributed by atoms with Gasteiger partial charge in [-0.3, -0.25) is 0 Å². The lowest BCUT2D eigenvalue weighted by Gasteiger charge is -2.06. The zero-order valence-electron chi connectivity index (χ0n) is 11.2. The maximum Gasteiger partial charge on any atom is 0.195 e. The maximum atomic E-state index is 13.5. The minimum absolute atomic E-state index is 0.198. The number of hydrogen-bond donors (Lipinski definition) is 1. The Kier molecular flexibility index (Phi) is 3.37. The van der Waals surface area contributed by atoms with Crippen LogP contribution in [0.25, 0.3) is 11.1 Å². The van der Waals surface area contributed by atoms with Gasteiger partial charge in [-0.05, 0) is 24.3 Å². The number of anilines is 1. The first-order valence-corrected chi connectivity index (χ1v) is 6.63. The average Bonchev–Trinajstić information content (AvgIpc) is 2.88. The van der Waals surface area contributed by atoms with Crippen molar-refractivity contribution in [3.05, 3.63) is 59.7 Å². The topological polar surface area (TPSA) is 38.1 Å². The van der Waals surface area contributed by atoms with Crippen molar-refractivity contribution in [2.45, 2.75) is 19.9 Å². The molecule has 0 radical (unpaired) electrons. The minimum Gasteiger partial charge on any atom is -0.441 e. The molecule has 0 aliphatic carbocycles. The van der Waals surface area contributed by atoms with E-state index in [1.54, 1.807) is 12.1 Å². The summed E-state index contributed by atoms with van der Waals surface area (Å²) in [4.78, 5) is 4.38. The molecule has 0 atom stereocenters. The van der Waals surface area contributed by atoms with E-state index in [2.05, 4.69) is 10.3 Å². The molecule has 0 aliphatic heterocycles. The van der Waals surface area contributed by atoms with Gasteiger partial charge in [0.05, 0.1) is 0 Å². The van der Waals surface area contributed by atoms with Gasteiger partial charge in [-0.1, -0.05) is 25.1 Å². The van der Waals surface area contributed by atoms with Gasteiger partial charge >= 0.3 is 0 Å². The smallest absolute Gasteiger partial charge is 0.195 e. The number of oxazole rings is 1. The number of benzene rings is 2. The third kappa shape index (κ3) is 2.50. The molecule has 3 rings (SSSR count). The van der Waals surface area contributed by atoms with Gasteiger partial charge < -0.3 is 9.73 Å². The molecule has 1 N–H and O–H groups in total. The van der Waals surface area contributed by atoms with Crippen molar-refractivity contribution in [1.82, 2.24) is 4.98 Å². The van der Waals surface area contributed by atoms with Crippen LogP contribution in [0.5, 0.6) is 0 Å². The highest BCUT2D eigenvalue weighted by Crippen LogP contribution is 2.21. The van der Waals surface area contributed by atoms with Crippen molar-refractivity contribution in [3.63, 3.8) is 0 Å². The normalized spacial score (nSPS) is 10.9. The van der Waals surface area contributed by atoms with Crippen LogP contribution in [0, 0.1) is 5.82 Å². The van der Waals surface area contributed by atoms with Crippen LogP contribution >= 0.6 is 0 Å². The average molecular weight is 270 g/mol. The number of fused-ring (bicyclic) bond motifs is 1. The molecular formula is C16H15FN2O. The highest BCUT2D eigenvalue weighted by Gasteiger charge is 2.05. The quantitative estimate of drug-likeness (QED) is 0.774. The van der Waals surface area contributed by atoms with Gasteiger partial charge in [-0.25, -0.2) is 9.37 Å². The molecule has 3 nitrogen and oxygen atoms in total. The summed E-state index contributed by atoms with van der Waals surface area (Å²) in [5, 5.41) is 3.20. The molecule has 4 heteroatoms. The molecule has 0 amide bonds. The molecule has 3 aromatic rings. The van der Waals surface area contributed by atoms with Crippen LogP contribution in [0.3, 0.4) is 0 Å². The zero-order valence-corrected chi connectivity index (χ0v) is 11.2. The van der Waals surface area contributed by atoms with Crippen molar-refractivity contribution < 1.29 is 8.81 Å². The van der Waals surface area contributed by atoms with Crippen molar-refractivity contribution in [1.29, 1.82) is 0 Å². The largest absolute Gasteiger partial charge is 0.441 e. The number of nitrogens with one attached hydrogen (secondary N) is 1. The molecule has 0 saturated heterocycles. The highest BCUT2D eigenvalue weighted by molar-refractivity contribution is 5.77. The number of hydrogen-bond acceptors (Lipinski definition) is 3. The van der Waals surface area contributed by atoms with E-state index < -0.39 is 0 Å². The number of halogens is 1. The molecule has 0 bridgehead atoms. The second-order valence-electron chi connectivity index (χ2n) is 4.59. The minimum atomic E-state index is -0.198. The Morgan fingerprint density at radius 3 is 2.85 bits per heavy atom. The van der Waals surface area contributed by atoms with Gasteiger partial charge in [-0.2, -0.15) is 0 Å². The van der Waals surface area contributed by atoms with E-state index in [1.807, 2.05) is 31.2 Å². The summed E-state index contributed by atoms with van der Waals surface area (Å²) >= 11 is 0. The van der Waals surface area contributed by atoms with Crippen LogP contribution in [0.2, 0.25) is 0 Å². The van der Waals surface area contributed by atoms with E-state index in [9.17, 15) is 4.39 Å². The molecule has 0 spiro atoms. The van der Waals surface area contributed by atoms with Crippen molar-refractivity contribution >= 4 is 16.8 Å². The van der Waals surface area contributed by atoms with Gasteiger partial charge in [0.15, 0.2) is 11.5 Å². The standard InChI is InChI=1S/C16H15FN2O/c1-2-16-19-14-9-12(7-8-15(14)20-16)18-10-11-5-3-4-6-13(11)17/h3-9,18H,2,10H2,1H3. The summed E-state index contributed by atoms with van der Waals surface area (Å²) in [6.45, 7) is 2.44. The fourth-order valence-corrected chi connectivity index (χ4v) is 2.08. The Hall–Kier alpha value is -2.36. The Morgan fingerprint density at radius 1 is 1.20 bits per heavy atom. The SMILES string of the molecule is CCc1nc2cc(NCc3ccccc3F)ccc2o1. The highest BCUT2D eigenvalue weighted by atomic mass is 19.1. The predicted octanol–water partition coefficient (Wildman–Crippen LogP) is 4.14. The van der Waals surface area contributed by atoms with Crippen LogP contribution < -0.4 is 5.32 Å². The van der Waals surface area contributed by atoms with Crippen LogP contribution in [-0.4, -0.2) is 4.98 Å². The third-order valence-electron chi connectivity index (χ3n) is 3.18. The Balaban J connectivity index is 1.79. The van der Waals surface area contributed by atoms with E-state index >= 15 is 0 Å². The van der Waals surface area contributed by atoms with E-state index in [0.717, 1.165) is 29.1 Å². The van der Waals surface area contributed by atoms with E-state index in [0.29, 0.717) is 12.1 Å². The van der Waals surface area contributed by atoms with Gasteiger partial charge in [-0.15, -0.1) is 0 Å². The van der Waals surface area contributed by atoms with Gasteiger partial charge in [0.1, 0.15) is 11.3 Å². The molecule has 1 heterocycles. The number of rotatable bonds is 4. The number of aromatic nitrogens is 1. The predicted molar refractivity (Wildman–Crippen MR) is 77.1 cm³/mol. The zero-order chi connectivity index (χ0) is 13.9. The van der Waals surface area contributed by atoms with Gasteiger partial charge in [0, 0.05) is 24.2 Å².